The Labute approximate surface area is 124 Å². The first-order chi connectivity index (χ1) is 10.3. The van der Waals surface area contributed by atoms with Gasteiger partial charge in [-0.15, -0.1) is 0 Å². The SMILES string of the molecule is Cc1nonc1CN(Cc1ccccn1)CC1CCCO1. The Kier molecular flexibility index (Phi) is 4.57. The molecule has 0 radical (unpaired) electrons. The van der Waals surface area contributed by atoms with Crippen LogP contribution in [-0.2, 0) is 17.8 Å². The third-order valence-electron chi connectivity index (χ3n) is 3.72. The first-order valence-corrected chi connectivity index (χ1v) is 7.33. The molecule has 0 aliphatic carbocycles. The average molecular weight is 288 g/mol. The number of nitrogens with zero attached hydrogens (tertiary/aromatic N) is 4. The molecule has 3 rings (SSSR count). The minimum absolute atomic E-state index is 0.300. The molecule has 1 saturated heterocycles. The molecular formula is C15H20N4O2. The Balaban J connectivity index is 1.69. The lowest BCUT2D eigenvalue weighted by atomic mass is 10.2. The lowest BCUT2D eigenvalue weighted by molar-refractivity contribution is 0.0665. The minimum atomic E-state index is 0.300. The lowest BCUT2D eigenvalue weighted by Gasteiger charge is -2.24. The van der Waals surface area contributed by atoms with Gasteiger partial charge in [0.25, 0.3) is 0 Å². The van der Waals surface area contributed by atoms with E-state index in [2.05, 4.69) is 20.2 Å². The van der Waals surface area contributed by atoms with Crippen LogP contribution < -0.4 is 0 Å². The summed E-state index contributed by atoms with van der Waals surface area (Å²) in [6.45, 7) is 5.13. The highest BCUT2D eigenvalue weighted by molar-refractivity contribution is 5.07. The number of ether oxygens (including phenoxy) is 1. The molecule has 0 bridgehead atoms. The molecular weight excluding hydrogens is 268 g/mol. The number of hydrogen-bond donors (Lipinski definition) is 0. The van der Waals surface area contributed by atoms with Gasteiger partial charge in [-0.1, -0.05) is 16.4 Å². The van der Waals surface area contributed by atoms with E-state index >= 15 is 0 Å². The fraction of sp³-hybridized carbons (Fsp3) is 0.533. The summed E-state index contributed by atoms with van der Waals surface area (Å²) in [5.74, 6) is 0. The van der Waals surface area contributed by atoms with Crippen LogP contribution in [0.4, 0.5) is 0 Å². The van der Waals surface area contributed by atoms with E-state index in [4.69, 9.17) is 9.37 Å². The van der Waals surface area contributed by atoms with Crippen molar-refractivity contribution in [2.75, 3.05) is 13.2 Å². The third kappa shape index (κ3) is 3.86. The van der Waals surface area contributed by atoms with Gasteiger partial charge in [-0.25, -0.2) is 4.63 Å². The molecule has 1 fully saturated rings. The van der Waals surface area contributed by atoms with Crippen LogP contribution in [0.5, 0.6) is 0 Å². The van der Waals surface area contributed by atoms with E-state index in [0.29, 0.717) is 12.6 Å². The number of aryl methyl sites for hydroxylation is 1. The summed E-state index contributed by atoms with van der Waals surface area (Å²) in [6, 6.07) is 5.98. The van der Waals surface area contributed by atoms with E-state index in [0.717, 1.165) is 49.6 Å². The summed E-state index contributed by atoms with van der Waals surface area (Å²) in [6.07, 6.45) is 4.39. The zero-order chi connectivity index (χ0) is 14.5. The zero-order valence-corrected chi connectivity index (χ0v) is 12.2. The molecule has 1 aliphatic rings. The Morgan fingerprint density at radius 1 is 1.29 bits per heavy atom. The van der Waals surface area contributed by atoms with Gasteiger partial charge in [-0.2, -0.15) is 0 Å². The van der Waals surface area contributed by atoms with Gasteiger partial charge in [0, 0.05) is 32.4 Å². The van der Waals surface area contributed by atoms with Crippen molar-refractivity contribution in [3.8, 4) is 0 Å². The summed E-state index contributed by atoms with van der Waals surface area (Å²) in [7, 11) is 0. The summed E-state index contributed by atoms with van der Waals surface area (Å²) in [5.41, 5.74) is 2.77. The third-order valence-corrected chi connectivity index (χ3v) is 3.72. The summed E-state index contributed by atoms with van der Waals surface area (Å²) >= 11 is 0. The van der Waals surface area contributed by atoms with E-state index in [1.165, 1.54) is 0 Å². The van der Waals surface area contributed by atoms with Crippen molar-refractivity contribution in [2.24, 2.45) is 0 Å². The maximum atomic E-state index is 5.75. The minimum Gasteiger partial charge on any atom is -0.377 e. The molecule has 21 heavy (non-hydrogen) atoms. The highest BCUT2D eigenvalue weighted by Gasteiger charge is 2.21. The summed E-state index contributed by atoms with van der Waals surface area (Å²) in [4.78, 5) is 6.70. The van der Waals surface area contributed by atoms with Gasteiger partial charge in [0.1, 0.15) is 11.4 Å². The van der Waals surface area contributed by atoms with Crippen LogP contribution in [0.15, 0.2) is 29.0 Å². The van der Waals surface area contributed by atoms with Crippen molar-refractivity contribution in [2.45, 2.75) is 39.0 Å². The van der Waals surface area contributed by atoms with Crippen molar-refractivity contribution in [1.82, 2.24) is 20.2 Å². The quantitative estimate of drug-likeness (QED) is 0.809. The molecule has 2 aromatic heterocycles. The zero-order valence-electron chi connectivity index (χ0n) is 12.2. The van der Waals surface area contributed by atoms with Crippen LogP contribution in [0.2, 0.25) is 0 Å². The number of aromatic nitrogens is 3. The van der Waals surface area contributed by atoms with E-state index in [-0.39, 0.29) is 0 Å². The maximum absolute atomic E-state index is 5.75. The van der Waals surface area contributed by atoms with Crippen LogP contribution in [0.25, 0.3) is 0 Å². The van der Waals surface area contributed by atoms with Gasteiger partial charge in [0.2, 0.25) is 0 Å². The van der Waals surface area contributed by atoms with Crippen LogP contribution in [0.3, 0.4) is 0 Å². The monoisotopic (exact) mass is 288 g/mol. The molecule has 0 aromatic carbocycles. The topological polar surface area (TPSA) is 64.3 Å². The second-order valence-corrected chi connectivity index (χ2v) is 5.42. The molecule has 0 amide bonds. The van der Waals surface area contributed by atoms with E-state index in [9.17, 15) is 0 Å². The number of pyridine rings is 1. The maximum Gasteiger partial charge on any atom is 0.122 e. The Bertz CT molecular complexity index is 552. The van der Waals surface area contributed by atoms with Crippen LogP contribution >= 0.6 is 0 Å². The van der Waals surface area contributed by atoms with Gasteiger partial charge in [0.15, 0.2) is 0 Å². The highest BCUT2D eigenvalue weighted by Crippen LogP contribution is 2.16. The summed E-state index contributed by atoms with van der Waals surface area (Å²) in [5, 5.41) is 7.83. The van der Waals surface area contributed by atoms with Gasteiger partial charge in [-0.3, -0.25) is 9.88 Å². The molecule has 0 saturated carbocycles. The largest absolute Gasteiger partial charge is 0.377 e. The normalized spacial score (nSPS) is 18.5. The standard InChI is InChI=1S/C15H20N4O2/c1-12-15(18-21-17-12)11-19(10-14-6-4-8-20-14)9-13-5-2-3-7-16-13/h2-3,5,7,14H,4,6,8-11H2,1H3. The van der Waals surface area contributed by atoms with Crippen LogP contribution in [0, 0.1) is 6.92 Å². The summed E-state index contributed by atoms with van der Waals surface area (Å²) < 4.78 is 10.5. The van der Waals surface area contributed by atoms with Gasteiger partial charge < -0.3 is 4.74 Å². The van der Waals surface area contributed by atoms with Crippen molar-refractivity contribution in [1.29, 1.82) is 0 Å². The second kappa shape index (κ2) is 6.78. The fourth-order valence-electron chi connectivity index (χ4n) is 2.59. The Hall–Kier alpha value is -1.79. The number of hydrogen-bond acceptors (Lipinski definition) is 6. The molecule has 1 unspecified atom stereocenters. The predicted molar refractivity (Wildman–Crippen MR) is 76.4 cm³/mol. The predicted octanol–water partition coefficient (Wildman–Crippen LogP) is 1.95. The average Bonchev–Trinajstić information content (AvgIpc) is 3.13. The van der Waals surface area contributed by atoms with E-state index in [1.807, 2.05) is 31.3 Å². The Morgan fingerprint density at radius 2 is 2.24 bits per heavy atom. The molecule has 112 valence electrons. The molecule has 3 heterocycles. The molecule has 2 aromatic rings. The van der Waals surface area contributed by atoms with Crippen molar-refractivity contribution in [3.63, 3.8) is 0 Å². The van der Waals surface area contributed by atoms with Gasteiger partial charge in [-0.05, 0) is 31.9 Å². The lowest BCUT2D eigenvalue weighted by Crippen LogP contribution is -2.32. The molecule has 1 atom stereocenters. The molecule has 0 N–H and O–H groups in total. The van der Waals surface area contributed by atoms with Crippen LogP contribution in [-0.4, -0.2) is 39.5 Å². The highest BCUT2D eigenvalue weighted by atomic mass is 16.6. The smallest absolute Gasteiger partial charge is 0.122 e. The fourth-order valence-corrected chi connectivity index (χ4v) is 2.59. The molecule has 1 aliphatic heterocycles. The Morgan fingerprint density at radius 3 is 2.90 bits per heavy atom. The van der Waals surface area contributed by atoms with Crippen molar-refractivity contribution >= 4 is 0 Å². The van der Waals surface area contributed by atoms with Crippen molar-refractivity contribution < 1.29 is 9.37 Å². The van der Waals surface area contributed by atoms with E-state index < -0.39 is 0 Å². The molecule has 0 spiro atoms. The van der Waals surface area contributed by atoms with Gasteiger partial charge >= 0.3 is 0 Å². The van der Waals surface area contributed by atoms with E-state index in [1.54, 1.807) is 0 Å². The first-order valence-electron chi connectivity index (χ1n) is 7.33. The molecule has 6 heteroatoms. The van der Waals surface area contributed by atoms with Crippen molar-refractivity contribution in [3.05, 3.63) is 41.5 Å². The first kappa shape index (κ1) is 14.2. The molecule has 6 nitrogen and oxygen atoms in total. The van der Waals surface area contributed by atoms with Crippen LogP contribution in [0.1, 0.15) is 29.9 Å². The number of rotatable bonds is 6. The second-order valence-electron chi connectivity index (χ2n) is 5.42. The van der Waals surface area contributed by atoms with Gasteiger partial charge in [0.05, 0.1) is 11.8 Å².